The van der Waals surface area contributed by atoms with Crippen LogP contribution in [0.2, 0.25) is 10.0 Å². The number of amides is 2. The van der Waals surface area contributed by atoms with Gasteiger partial charge >= 0.3 is 0 Å². The van der Waals surface area contributed by atoms with Gasteiger partial charge < -0.3 is 15.0 Å². The fourth-order valence-electron chi connectivity index (χ4n) is 3.79. The molecule has 0 radical (unpaired) electrons. The molecule has 0 unspecified atom stereocenters. The predicted octanol–water partition coefficient (Wildman–Crippen LogP) is 6.24. The van der Waals surface area contributed by atoms with E-state index in [4.69, 9.17) is 27.9 Å². The van der Waals surface area contributed by atoms with Gasteiger partial charge in [-0.3, -0.25) is 9.59 Å². The van der Waals surface area contributed by atoms with Crippen LogP contribution in [0.5, 0.6) is 5.75 Å². The van der Waals surface area contributed by atoms with Crippen LogP contribution in [0.25, 0.3) is 0 Å². The number of aryl methyl sites for hydroxylation is 1. The molecule has 0 aromatic heterocycles. The van der Waals surface area contributed by atoms with E-state index in [-0.39, 0.29) is 31.0 Å². The lowest BCUT2D eigenvalue weighted by Gasteiger charge is -2.32. The van der Waals surface area contributed by atoms with Crippen molar-refractivity contribution in [2.24, 2.45) is 0 Å². The number of nitrogens with zero attached hydrogens (tertiary/aromatic N) is 1. The molecule has 3 rings (SSSR count). The normalized spacial score (nSPS) is 12.5. The van der Waals surface area contributed by atoms with Crippen molar-refractivity contribution < 1.29 is 14.3 Å². The molecule has 36 heavy (non-hydrogen) atoms. The number of hydrogen-bond donors (Lipinski definition) is 1. The first kappa shape index (κ1) is 27.6. The highest BCUT2D eigenvalue weighted by molar-refractivity contribution is 6.36. The number of para-hydroxylation sites is 1. The zero-order valence-corrected chi connectivity index (χ0v) is 22.4. The van der Waals surface area contributed by atoms with Crippen molar-refractivity contribution in [3.8, 4) is 5.75 Å². The van der Waals surface area contributed by atoms with Crippen molar-refractivity contribution in [1.29, 1.82) is 0 Å². The average Bonchev–Trinajstić information content (AvgIpc) is 2.87. The van der Waals surface area contributed by atoms with Gasteiger partial charge in [0.15, 0.2) is 6.61 Å². The van der Waals surface area contributed by atoms with Gasteiger partial charge in [-0.1, -0.05) is 84.7 Å². The lowest BCUT2D eigenvalue weighted by Crippen LogP contribution is -2.53. The Labute approximate surface area is 223 Å². The van der Waals surface area contributed by atoms with E-state index >= 15 is 0 Å². The van der Waals surface area contributed by atoms with Gasteiger partial charge in [-0.25, -0.2) is 0 Å². The highest BCUT2D eigenvalue weighted by Crippen LogP contribution is 2.27. The molecular weight excluding hydrogens is 495 g/mol. The van der Waals surface area contributed by atoms with Gasteiger partial charge in [0.05, 0.1) is 0 Å². The second kappa shape index (κ2) is 13.3. The summed E-state index contributed by atoms with van der Waals surface area (Å²) in [6.07, 6.45) is 1.10. The average molecular weight is 527 g/mol. The zero-order valence-electron chi connectivity index (χ0n) is 20.8. The third-order valence-electron chi connectivity index (χ3n) is 6.11. The summed E-state index contributed by atoms with van der Waals surface area (Å²) in [5, 5.41) is 3.91. The monoisotopic (exact) mass is 526 g/mol. The first-order chi connectivity index (χ1) is 17.3. The predicted molar refractivity (Wildman–Crippen MR) is 146 cm³/mol. The second-order valence-corrected chi connectivity index (χ2v) is 9.61. The molecule has 5 nitrogen and oxygen atoms in total. The molecule has 7 heteroatoms. The Morgan fingerprint density at radius 2 is 1.58 bits per heavy atom. The summed E-state index contributed by atoms with van der Waals surface area (Å²) >= 11 is 12.9. The number of carbonyl (C=O) groups is 2. The highest BCUT2D eigenvalue weighted by atomic mass is 35.5. The van der Waals surface area contributed by atoms with Gasteiger partial charge in [-0.05, 0) is 49.6 Å². The van der Waals surface area contributed by atoms with Crippen molar-refractivity contribution >= 4 is 35.0 Å². The van der Waals surface area contributed by atoms with Crippen molar-refractivity contribution in [3.63, 3.8) is 0 Å². The van der Waals surface area contributed by atoms with Crippen molar-refractivity contribution in [3.05, 3.63) is 99.5 Å². The number of halogens is 2. The summed E-state index contributed by atoms with van der Waals surface area (Å²) in [6.45, 7) is 5.70. The summed E-state index contributed by atoms with van der Waals surface area (Å²) < 4.78 is 5.87. The first-order valence-electron chi connectivity index (χ1n) is 12.0. The summed E-state index contributed by atoms with van der Waals surface area (Å²) in [5.41, 5.74) is 2.44. The third kappa shape index (κ3) is 7.49. The van der Waals surface area contributed by atoms with Crippen LogP contribution in [0.3, 0.4) is 0 Å². The molecule has 0 aliphatic carbocycles. The number of ether oxygens (including phenoxy) is 1. The maximum absolute atomic E-state index is 13.7. The minimum absolute atomic E-state index is 0.0418. The molecule has 0 aliphatic heterocycles. The second-order valence-electron chi connectivity index (χ2n) is 8.80. The zero-order chi connectivity index (χ0) is 26.1. The van der Waals surface area contributed by atoms with Crippen LogP contribution in [0.15, 0.2) is 72.8 Å². The van der Waals surface area contributed by atoms with Crippen LogP contribution in [-0.4, -0.2) is 35.4 Å². The van der Waals surface area contributed by atoms with E-state index in [9.17, 15) is 9.59 Å². The molecule has 0 saturated carbocycles. The maximum atomic E-state index is 13.7. The number of hydrogen-bond acceptors (Lipinski definition) is 3. The van der Waals surface area contributed by atoms with E-state index in [0.717, 1.165) is 17.5 Å². The Kier molecular flexibility index (Phi) is 10.2. The summed E-state index contributed by atoms with van der Waals surface area (Å²) in [6, 6.07) is 21.5. The van der Waals surface area contributed by atoms with Crippen LogP contribution in [0, 0.1) is 6.92 Å². The lowest BCUT2D eigenvalue weighted by molar-refractivity contribution is -0.143. The molecule has 0 spiro atoms. The molecule has 3 aromatic rings. The number of carbonyl (C=O) groups excluding carboxylic acids is 2. The topological polar surface area (TPSA) is 58.6 Å². The standard InChI is InChI=1S/C29H32Cl2N2O3/c1-4-21(3)32-29(35)26(17-22-12-6-5-7-13-22)33(18-23-24(30)14-10-15-25(23)31)28(34)19-36-27-16-9-8-11-20(27)2/h5-16,21,26H,4,17-19H2,1-3H3,(H,32,35)/t21-,26+/m0/s1. The van der Waals surface area contributed by atoms with Crippen LogP contribution in [0.1, 0.15) is 37.0 Å². The fourth-order valence-corrected chi connectivity index (χ4v) is 4.31. The van der Waals surface area contributed by atoms with Crippen LogP contribution in [-0.2, 0) is 22.6 Å². The first-order valence-corrected chi connectivity index (χ1v) is 12.8. The van der Waals surface area contributed by atoms with Gasteiger partial charge in [0, 0.05) is 34.6 Å². The number of benzene rings is 3. The Hall–Kier alpha value is -3.02. The van der Waals surface area contributed by atoms with E-state index in [2.05, 4.69) is 5.32 Å². The van der Waals surface area contributed by atoms with Crippen molar-refractivity contribution in [1.82, 2.24) is 10.2 Å². The fraction of sp³-hybridized carbons (Fsp3) is 0.310. The van der Waals surface area contributed by atoms with E-state index in [1.165, 1.54) is 4.90 Å². The summed E-state index contributed by atoms with van der Waals surface area (Å²) in [4.78, 5) is 28.7. The largest absolute Gasteiger partial charge is 0.484 e. The molecule has 0 heterocycles. The molecule has 0 aliphatic rings. The molecule has 0 bridgehead atoms. The van der Waals surface area contributed by atoms with E-state index in [0.29, 0.717) is 27.8 Å². The molecule has 2 amide bonds. The molecule has 3 aromatic carbocycles. The molecule has 190 valence electrons. The van der Waals surface area contributed by atoms with Crippen LogP contribution >= 0.6 is 23.2 Å². The van der Waals surface area contributed by atoms with E-state index < -0.39 is 6.04 Å². The Morgan fingerprint density at radius 3 is 2.22 bits per heavy atom. The summed E-state index contributed by atoms with van der Waals surface area (Å²) in [7, 11) is 0. The van der Waals surface area contributed by atoms with Gasteiger partial charge in [-0.2, -0.15) is 0 Å². The molecule has 1 N–H and O–H groups in total. The summed E-state index contributed by atoms with van der Waals surface area (Å²) in [5.74, 6) is 0.0420. The third-order valence-corrected chi connectivity index (χ3v) is 6.82. The molecule has 0 fully saturated rings. The van der Waals surface area contributed by atoms with E-state index in [1.54, 1.807) is 18.2 Å². The van der Waals surface area contributed by atoms with Gasteiger partial charge in [0.1, 0.15) is 11.8 Å². The SMILES string of the molecule is CC[C@H](C)NC(=O)[C@@H](Cc1ccccc1)N(Cc1c(Cl)cccc1Cl)C(=O)COc1ccccc1C. The Balaban J connectivity index is 1.97. The quantitative estimate of drug-likeness (QED) is 0.322. The van der Waals surface area contributed by atoms with Gasteiger partial charge in [0.2, 0.25) is 5.91 Å². The van der Waals surface area contributed by atoms with Crippen molar-refractivity contribution in [2.45, 2.75) is 52.2 Å². The van der Waals surface area contributed by atoms with Crippen LogP contribution < -0.4 is 10.1 Å². The number of rotatable bonds is 11. The van der Waals surface area contributed by atoms with E-state index in [1.807, 2.05) is 75.4 Å². The highest BCUT2D eigenvalue weighted by Gasteiger charge is 2.32. The Bertz CT molecular complexity index is 1150. The minimum Gasteiger partial charge on any atom is -0.484 e. The molecule has 0 saturated heterocycles. The van der Waals surface area contributed by atoms with Gasteiger partial charge in [-0.15, -0.1) is 0 Å². The van der Waals surface area contributed by atoms with Crippen molar-refractivity contribution in [2.75, 3.05) is 6.61 Å². The molecular formula is C29H32Cl2N2O3. The minimum atomic E-state index is -0.790. The number of nitrogens with one attached hydrogen (secondary N) is 1. The Morgan fingerprint density at radius 1 is 0.944 bits per heavy atom. The van der Waals surface area contributed by atoms with Crippen LogP contribution in [0.4, 0.5) is 0 Å². The maximum Gasteiger partial charge on any atom is 0.261 e. The van der Waals surface area contributed by atoms with Gasteiger partial charge in [0.25, 0.3) is 5.91 Å². The lowest BCUT2D eigenvalue weighted by atomic mass is 10.0. The molecule has 2 atom stereocenters. The smallest absolute Gasteiger partial charge is 0.261 e.